The largest absolute Gasteiger partial charge is 0.399 e. The summed E-state index contributed by atoms with van der Waals surface area (Å²) in [5.74, 6) is 0.974. The van der Waals surface area contributed by atoms with Gasteiger partial charge in [0.25, 0.3) is 0 Å². The molecule has 0 aliphatic heterocycles. The van der Waals surface area contributed by atoms with Crippen LogP contribution in [0.1, 0.15) is 6.42 Å². The molecule has 1 aromatic carbocycles. The minimum Gasteiger partial charge on any atom is -0.399 e. The van der Waals surface area contributed by atoms with E-state index in [2.05, 4.69) is 0 Å². The van der Waals surface area contributed by atoms with E-state index in [0.29, 0.717) is 11.4 Å². The van der Waals surface area contributed by atoms with Gasteiger partial charge in [0.2, 0.25) is 0 Å². The number of hydrogen-bond acceptors (Lipinski definition) is 3. The molecule has 1 rings (SSSR count). The van der Waals surface area contributed by atoms with E-state index in [9.17, 15) is 8.60 Å². The van der Waals surface area contributed by atoms with Crippen molar-refractivity contribution in [3.8, 4) is 0 Å². The average Bonchev–Trinajstić information content (AvgIpc) is 2.17. The van der Waals surface area contributed by atoms with E-state index in [1.807, 2.05) is 6.26 Å². The van der Waals surface area contributed by atoms with Crippen molar-refractivity contribution in [3.63, 3.8) is 0 Å². The second-order valence-corrected chi connectivity index (χ2v) is 5.61. The van der Waals surface area contributed by atoms with Gasteiger partial charge in [0.05, 0.1) is 15.7 Å². The Labute approximate surface area is 95.9 Å². The minimum absolute atomic E-state index is 0.255. The topological polar surface area (TPSA) is 43.1 Å². The maximum absolute atomic E-state index is 13.3. The van der Waals surface area contributed by atoms with Crippen LogP contribution in [0.25, 0.3) is 0 Å². The molecule has 0 saturated heterocycles. The van der Waals surface area contributed by atoms with E-state index in [-0.39, 0.29) is 4.90 Å². The fourth-order valence-electron chi connectivity index (χ4n) is 1.15. The Morgan fingerprint density at radius 1 is 1.53 bits per heavy atom. The molecule has 0 spiro atoms. The van der Waals surface area contributed by atoms with Crippen LogP contribution in [-0.4, -0.2) is 22.0 Å². The summed E-state index contributed by atoms with van der Waals surface area (Å²) in [6.45, 7) is 0. The quantitative estimate of drug-likeness (QED) is 0.641. The Balaban J connectivity index is 2.65. The third-order valence-electron chi connectivity index (χ3n) is 1.88. The lowest BCUT2D eigenvalue weighted by Crippen LogP contribution is -2.02. The molecule has 1 aromatic rings. The third-order valence-corrected chi connectivity index (χ3v) is 4.06. The van der Waals surface area contributed by atoms with Crippen LogP contribution >= 0.6 is 11.8 Å². The second kappa shape index (κ2) is 6.12. The summed E-state index contributed by atoms with van der Waals surface area (Å²) in [7, 11) is -1.25. The lowest BCUT2D eigenvalue weighted by atomic mass is 10.3. The van der Waals surface area contributed by atoms with E-state index >= 15 is 0 Å². The molecular weight excluding hydrogens is 233 g/mol. The monoisotopic (exact) mass is 247 g/mol. The summed E-state index contributed by atoms with van der Waals surface area (Å²) >= 11 is 1.70. The number of hydrogen-bond donors (Lipinski definition) is 1. The van der Waals surface area contributed by atoms with Gasteiger partial charge in [-0.1, -0.05) is 0 Å². The van der Waals surface area contributed by atoms with Crippen molar-refractivity contribution in [1.29, 1.82) is 0 Å². The van der Waals surface area contributed by atoms with E-state index in [1.165, 1.54) is 12.1 Å². The number of nitrogens with two attached hydrogens (primary N) is 1. The maximum Gasteiger partial charge on any atom is 0.141 e. The zero-order valence-corrected chi connectivity index (χ0v) is 10.2. The molecule has 0 saturated carbocycles. The fraction of sp³-hybridized carbons (Fsp3) is 0.400. The Bertz CT molecular complexity index is 357. The van der Waals surface area contributed by atoms with Gasteiger partial charge in [-0.2, -0.15) is 11.8 Å². The van der Waals surface area contributed by atoms with E-state index in [1.54, 1.807) is 17.8 Å². The smallest absolute Gasteiger partial charge is 0.141 e. The summed E-state index contributed by atoms with van der Waals surface area (Å²) in [5, 5.41) is 0. The highest BCUT2D eigenvalue weighted by atomic mass is 32.2. The number of halogens is 1. The Morgan fingerprint density at radius 3 is 2.87 bits per heavy atom. The first-order chi connectivity index (χ1) is 7.15. The summed E-state index contributed by atoms with van der Waals surface area (Å²) < 4.78 is 25.0. The van der Waals surface area contributed by atoms with E-state index < -0.39 is 16.6 Å². The van der Waals surface area contributed by atoms with Crippen LogP contribution in [0.5, 0.6) is 0 Å². The molecular formula is C10H14FNOS2. The molecule has 0 aromatic heterocycles. The van der Waals surface area contributed by atoms with Crippen molar-refractivity contribution in [2.45, 2.75) is 11.3 Å². The van der Waals surface area contributed by atoms with Crippen LogP contribution < -0.4 is 5.73 Å². The van der Waals surface area contributed by atoms with Gasteiger partial charge >= 0.3 is 0 Å². The first-order valence-electron chi connectivity index (χ1n) is 4.57. The molecule has 0 fully saturated rings. The van der Waals surface area contributed by atoms with Gasteiger partial charge in [-0.15, -0.1) is 0 Å². The van der Waals surface area contributed by atoms with Crippen LogP contribution in [0.2, 0.25) is 0 Å². The Morgan fingerprint density at radius 2 is 2.27 bits per heavy atom. The van der Waals surface area contributed by atoms with Gasteiger partial charge in [0.15, 0.2) is 0 Å². The molecule has 0 aliphatic rings. The van der Waals surface area contributed by atoms with Gasteiger partial charge in [-0.3, -0.25) is 4.21 Å². The summed E-state index contributed by atoms with van der Waals surface area (Å²) in [6.07, 6.45) is 2.82. The molecule has 84 valence electrons. The molecule has 0 aliphatic carbocycles. The highest BCUT2D eigenvalue weighted by molar-refractivity contribution is 7.98. The van der Waals surface area contributed by atoms with E-state index in [0.717, 1.165) is 12.2 Å². The number of thioether (sulfide) groups is 1. The Kier molecular flexibility index (Phi) is 5.11. The molecule has 1 atom stereocenters. The van der Waals surface area contributed by atoms with Gasteiger partial charge in [0.1, 0.15) is 5.82 Å². The molecule has 2 N–H and O–H groups in total. The molecule has 5 heteroatoms. The molecule has 2 nitrogen and oxygen atoms in total. The summed E-state index contributed by atoms with van der Waals surface area (Å²) in [6, 6.07) is 4.28. The predicted molar refractivity (Wildman–Crippen MR) is 65.1 cm³/mol. The van der Waals surface area contributed by atoms with Crippen LogP contribution in [0.4, 0.5) is 10.1 Å². The van der Waals surface area contributed by atoms with E-state index in [4.69, 9.17) is 5.73 Å². The summed E-state index contributed by atoms with van der Waals surface area (Å²) in [4.78, 5) is 0.255. The molecule has 0 radical (unpaired) electrons. The molecule has 0 bridgehead atoms. The van der Waals surface area contributed by atoms with Crippen molar-refractivity contribution in [3.05, 3.63) is 24.0 Å². The molecule has 15 heavy (non-hydrogen) atoms. The van der Waals surface area contributed by atoms with Gasteiger partial charge < -0.3 is 5.73 Å². The van der Waals surface area contributed by atoms with Gasteiger partial charge in [-0.05, 0) is 36.6 Å². The average molecular weight is 247 g/mol. The third kappa shape index (κ3) is 3.83. The van der Waals surface area contributed by atoms with Crippen molar-refractivity contribution in [1.82, 2.24) is 0 Å². The summed E-state index contributed by atoms with van der Waals surface area (Å²) in [5.41, 5.74) is 5.77. The van der Waals surface area contributed by atoms with Crippen LogP contribution in [0.3, 0.4) is 0 Å². The molecule has 1 unspecified atom stereocenters. The minimum atomic E-state index is -1.25. The normalized spacial score (nSPS) is 12.7. The second-order valence-electron chi connectivity index (χ2n) is 3.09. The van der Waals surface area contributed by atoms with Crippen molar-refractivity contribution in [2.75, 3.05) is 23.5 Å². The van der Waals surface area contributed by atoms with Crippen LogP contribution in [-0.2, 0) is 10.8 Å². The Hall–Kier alpha value is -0.550. The standard InChI is InChI=1S/C10H14FNOS2/c1-14-5-2-6-15(13)10-4-3-8(12)7-9(10)11/h3-4,7H,2,5-6,12H2,1H3. The predicted octanol–water partition coefficient (Wildman–Crippen LogP) is 2.27. The SMILES string of the molecule is CSCCCS(=O)c1ccc(N)cc1F. The number of rotatable bonds is 5. The lowest BCUT2D eigenvalue weighted by Gasteiger charge is -2.03. The van der Waals surface area contributed by atoms with Crippen molar-refractivity contribution in [2.24, 2.45) is 0 Å². The van der Waals surface area contributed by atoms with Crippen molar-refractivity contribution >= 4 is 28.2 Å². The highest BCUT2D eigenvalue weighted by Gasteiger charge is 2.09. The first kappa shape index (κ1) is 12.5. The fourth-order valence-corrected chi connectivity index (χ4v) is 2.88. The zero-order chi connectivity index (χ0) is 11.3. The maximum atomic E-state index is 13.3. The lowest BCUT2D eigenvalue weighted by molar-refractivity contribution is 0.596. The van der Waals surface area contributed by atoms with Crippen LogP contribution in [0, 0.1) is 5.82 Å². The number of anilines is 1. The zero-order valence-electron chi connectivity index (χ0n) is 8.53. The molecule has 0 amide bonds. The highest BCUT2D eigenvalue weighted by Crippen LogP contribution is 2.16. The first-order valence-corrected chi connectivity index (χ1v) is 7.28. The number of benzene rings is 1. The number of nitrogen functional groups attached to an aromatic ring is 1. The van der Waals surface area contributed by atoms with Gasteiger partial charge in [0, 0.05) is 11.4 Å². The molecule has 0 heterocycles. The van der Waals surface area contributed by atoms with Crippen molar-refractivity contribution < 1.29 is 8.60 Å². The van der Waals surface area contributed by atoms with Crippen LogP contribution in [0.15, 0.2) is 23.1 Å². The van der Waals surface area contributed by atoms with Gasteiger partial charge in [-0.25, -0.2) is 4.39 Å².